The molecule has 9 heavy (non-hydrogen) atoms. The molecule has 0 saturated carbocycles. The maximum atomic E-state index is 4.97. The minimum Gasteiger partial charge on any atom is -0.428 e. The fourth-order valence-corrected chi connectivity index (χ4v) is 1.22. The Labute approximate surface area is 75.7 Å². The molecule has 0 saturated heterocycles. The summed E-state index contributed by atoms with van der Waals surface area (Å²) in [7, 11) is 0.815. The van der Waals surface area contributed by atoms with E-state index in [2.05, 4.69) is 37.9 Å². The molecule has 0 rings (SSSR count). The smallest absolute Gasteiger partial charge is 0.145 e. The molecule has 0 aliphatic rings. The first-order chi connectivity index (χ1) is 4.06. The maximum absolute atomic E-state index is 4.97. The van der Waals surface area contributed by atoms with Gasteiger partial charge in [-0.1, -0.05) is 0 Å². The van der Waals surface area contributed by atoms with E-state index in [1.54, 1.807) is 0 Å². The predicted octanol–water partition coefficient (Wildman–Crippen LogP) is 0.507. The van der Waals surface area contributed by atoms with Crippen molar-refractivity contribution in [3.05, 3.63) is 0 Å². The average molecular weight is 200 g/mol. The van der Waals surface area contributed by atoms with Crippen LogP contribution in [-0.2, 0) is 4.43 Å². The third kappa shape index (κ3) is 9.23. The largest absolute Gasteiger partial charge is 0.428 e. The van der Waals surface area contributed by atoms with Crippen molar-refractivity contribution in [3.8, 4) is 0 Å². The Morgan fingerprint density at radius 3 is 2.22 bits per heavy atom. The SMILES string of the molecule is [SiH3]OCCCC(S)(S)S. The summed E-state index contributed by atoms with van der Waals surface area (Å²) in [6, 6.07) is 0. The van der Waals surface area contributed by atoms with Crippen LogP contribution in [-0.4, -0.2) is 20.5 Å². The van der Waals surface area contributed by atoms with Crippen molar-refractivity contribution in [1.29, 1.82) is 0 Å². The highest BCUT2D eigenvalue weighted by molar-refractivity contribution is 8.16. The topological polar surface area (TPSA) is 9.23 Å². The van der Waals surface area contributed by atoms with E-state index in [1.807, 2.05) is 0 Å². The highest BCUT2D eigenvalue weighted by atomic mass is 32.2. The molecular formula is C4H12OS3Si. The van der Waals surface area contributed by atoms with Gasteiger partial charge in [0.15, 0.2) is 0 Å². The van der Waals surface area contributed by atoms with E-state index >= 15 is 0 Å². The molecule has 0 aliphatic carbocycles. The third-order valence-electron chi connectivity index (χ3n) is 0.861. The van der Waals surface area contributed by atoms with Crippen LogP contribution in [0.3, 0.4) is 0 Å². The standard InChI is InChI=1S/C4H12OS3Si/c6-4(7,8)2-1-3-5-9/h6-8H,1-3H2,9H3. The van der Waals surface area contributed by atoms with Gasteiger partial charge in [0.1, 0.15) is 10.5 Å². The van der Waals surface area contributed by atoms with Gasteiger partial charge < -0.3 is 4.43 Å². The lowest BCUT2D eigenvalue weighted by molar-refractivity contribution is 0.338. The van der Waals surface area contributed by atoms with Crippen molar-refractivity contribution in [2.45, 2.75) is 16.3 Å². The second-order valence-electron chi connectivity index (χ2n) is 1.87. The first kappa shape index (κ1) is 10.2. The van der Waals surface area contributed by atoms with Gasteiger partial charge in [-0.3, -0.25) is 0 Å². The normalized spacial score (nSPS) is 12.3. The van der Waals surface area contributed by atoms with Gasteiger partial charge in [0.2, 0.25) is 0 Å². The van der Waals surface area contributed by atoms with Gasteiger partial charge in [-0.25, -0.2) is 0 Å². The van der Waals surface area contributed by atoms with Crippen molar-refractivity contribution in [2.75, 3.05) is 6.61 Å². The third-order valence-corrected chi connectivity index (χ3v) is 1.94. The van der Waals surface area contributed by atoms with Crippen molar-refractivity contribution in [1.82, 2.24) is 0 Å². The van der Waals surface area contributed by atoms with Crippen LogP contribution in [0, 0.1) is 0 Å². The van der Waals surface area contributed by atoms with Crippen LogP contribution in [0.5, 0.6) is 0 Å². The number of hydrogen-bond acceptors (Lipinski definition) is 4. The Bertz CT molecular complexity index is 72.7. The summed E-state index contributed by atoms with van der Waals surface area (Å²) < 4.78 is 4.54. The highest BCUT2D eigenvalue weighted by Gasteiger charge is 2.11. The van der Waals surface area contributed by atoms with Gasteiger partial charge in [-0.2, -0.15) is 37.9 Å². The summed E-state index contributed by atoms with van der Waals surface area (Å²) in [5, 5.41) is 0. The molecule has 0 radical (unpaired) electrons. The first-order valence-corrected chi connectivity index (χ1v) is 4.88. The monoisotopic (exact) mass is 200 g/mol. The van der Waals surface area contributed by atoms with Crippen molar-refractivity contribution >= 4 is 48.4 Å². The molecule has 0 aromatic carbocycles. The van der Waals surface area contributed by atoms with Crippen LogP contribution in [0.1, 0.15) is 12.8 Å². The number of rotatable bonds is 4. The van der Waals surface area contributed by atoms with E-state index < -0.39 is 3.41 Å². The lowest BCUT2D eigenvalue weighted by Crippen LogP contribution is -2.04. The zero-order chi connectivity index (χ0) is 7.33. The summed E-state index contributed by atoms with van der Waals surface area (Å²) in [5.41, 5.74) is 0. The van der Waals surface area contributed by atoms with Crippen LogP contribution in [0.4, 0.5) is 0 Å². The Balaban J connectivity index is 3.07. The molecule has 5 heteroatoms. The molecule has 0 amide bonds. The molecule has 1 nitrogen and oxygen atoms in total. The van der Waals surface area contributed by atoms with E-state index in [-0.39, 0.29) is 0 Å². The highest BCUT2D eigenvalue weighted by Crippen LogP contribution is 2.29. The van der Waals surface area contributed by atoms with E-state index in [0.29, 0.717) is 0 Å². The number of thiol groups is 3. The molecule has 0 spiro atoms. The van der Waals surface area contributed by atoms with Gasteiger partial charge in [0.05, 0.1) is 3.41 Å². The molecule has 0 aromatic heterocycles. The lowest BCUT2D eigenvalue weighted by Gasteiger charge is -2.13. The first-order valence-electron chi connectivity index (χ1n) is 2.72. The Hall–Kier alpha value is 1.23. The molecule has 0 bridgehead atoms. The van der Waals surface area contributed by atoms with Crippen LogP contribution in [0.15, 0.2) is 0 Å². The Morgan fingerprint density at radius 2 is 1.89 bits per heavy atom. The molecule has 0 aliphatic heterocycles. The zero-order valence-corrected chi connectivity index (χ0v) is 10.1. The fraction of sp³-hybridized carbons (Fsp3) is 1.00. The summed E-state index contributed by atoms with van der Waals surface area (Å²) >= 11 is 12.3. The second-order valence-corrected chi connectivity index (χ2v) is 5.80. The molecule has 0 aromatic rings. The van der Waals surface area contributed by atoms with Crippen LogP contribution in [0.2, 0.25) is 0 Å². The van der Waals surface area contributed by atoms with E-state index in [1.165, 1.54) is 0 Å². The van der Waals surface area contributed by atoms with Crippen molar-refractivity contribution in [2.24, 2.45) is 0 Å². The van der Waals surface area contributed by atoms with Crippen LogP contribution in [0.25, 0.3) is 0 Å². The Kier molecular flexibility index (Phi) is 5.63. The van der Waals surface area contributed by atoms with E-state index in [0.717, 1.165) is 29.9 Å². The predicted molar refractivity (Wildman–Crippen MR) is 54.8 cm³/mol. The zero-order valence-electron chi connectivity index (χ0n) is 5.37. The molecule has 0 atom stereocenters. The van der Waals surface area contributed by atoms with Crippen LogP contribution < -0.4 is 0 Å². The van der Waals surface area contributed by atoms with Gasteiger partial charge >= 0.3 is 0 Å². The minimum atomic E-state index is -0.430. The molecule has 0 heterocycles. The van der Waals surface area contributed by atoms with Crippen LogP contribution >= 0.6 is 37.9 Å². The number of hydrogen-bond donors (Lipinski definition) is 3. The van der Waals surface area contributed by atoms with Gasteiger partial charge in [-0.05, 0) is 12.8 Å². The average Bonchev–Trinajstić information content (AvgIpc) is 1.63. The molecule has 0 fully saturated rings. The summed E-state index contributed by atoms with van der Waals surface area (Å²) in [6.45, 7) is 0.815. The van der Waals surface area contributed by atoms with Gasteiger partial charge in [0, 0.05) is 6.61 Å². The van der Waals surface area contributed by atoms with Gasteiger partial charge in [-0.15, -0.1) is 0 Å². The fourth-order valence-electron chi connectivity index (χ4n) is 0.454. The molecule has 0 unspecified atom stereocenters. The molecular weight excluding hydrogens is 188 g/mol. The summed E-state index contributed by atoms with van der Waals surface area (Å²) in [6.07, 6.45) is 1.85. The second kappa shape index (κ2) is 4.95. The van der Waals surface area contributed by atoms with Crippen molar-refractivity contribution < 1.29 is 4.43 Å². The maximum Gasteiger partial charge on any atom is 0.145 e. The van der Waals surface area contributed by atoms with E-state index in [9.17, 15) is 0 Å². The summed E-state index contributed by atoms with van der Waals surface area (Å²) in [5.74, 6) is 0. The van der Waals surface area contributed by atoms with Crippen molar-refractivity contribution in [3.63, 3.8) is 0 Å². The lowest BCUT2D eigenvalue weighted by atomic mass is 10.3. The molecule has 0 N–H and O–H groups in total. The Morgan fingerprint density at radius 1 is 1.33 bits per heavy atom. The van der Waals surface area contributed by atoms with Gasteiger partial charge in [0.25, 0.3) is 0 Å². The summed E-state index contributed by atoms with van der Waals surface area (Å²) in [4.78, 5) is 0. The molecule has 56 valence electrons. The van der Waals surface area contributed by atoms with E-state index in [4.69, 9.17) is 4.43 Å². The minimum absolute atomic E-state index is 0.430. The quantitative estimate of drug-likeness (QED) is 0.259.